The van der Waals surface area contributed by atoms with Crippen LogP contribution < -0.4 is 14.8 Å². The highest BCUT2D eigenvalue weighted by Gasteiger charge is 2.28. The van der Waals surface area contributed by atoms with E-state index in [1.54, 1.807) is 25.6 Å². The van der Waals surface area contributed by atoms with Crippen LogP contribution in [0.1, 0.15) is 42.5 Å². The van der Waals surface area contributed by atoms with Crippen LogP contribution in [0.15, 0.2) is 35.8 Å². The first kappa shape index (κ1) is 23.3. The number of nitrogens with one attached hydrogen (secondary N) is 1. The predicted molar refractivity (Wildman–Crippen MR) is 136 cm³/mol. The summed E-state index contributed by atoms with van der Waals surface area (Å²) in [5.74, 6) is 1.51. The molecule has 0 bridgehead atoms. The number of hydrogen-bond donors (Lipinski definition) is 1. The van der Waals surface area contributed by atoms with E-state index in [2.05, 4.69) is 42.9 Å². The largest absolute Gasteiger partial charge is 0.493 e. The second-order valence-corrected chi connectivity index (χ2v) is 9.65. The second kappa shape index (κ2) is 9.53. The standard InChI is InChI=1S/C26H31N3O3S/c1-7-27-22-19-13-18-15-32-26(3,4)14-20(18)29-25(19)33-24(22)16(2)28-12-11-17-9-8-10-21(30-5)23(17)31-6/h7-10,13,28H,2,11-12,14-15H2,1,3-6H3. The third kappa shape index (κ3) is 4.75. The number of hydrogen-bond acceptors (Lipinski definition) is 7. The molecular weight excluding hydrogens is 434 g/mol. The van der Waals surface area contributed by atoms with Gasteiger partial charge in [0.1, 0.15) is 4.83 Å². The number of ether oxygens (including phenoxy) is 3. The Kier molecular flexibility index (Phi) is 6.72. The molecule has 0 unspecified atom stereocenters. The number of methoxy groups -OCH3 is 2. The van der Waals surface area contributed by atoms with E-state index in [1.807, 2.05) is 25.3 Å². The summed E-state index contributed by atoms with van der Waals surface area (Å²) in [5.41, 5.74) is 4.90. The number of aromatic nitrogens is 1. The molecular formula is C26H31N3O3S. The highest BCUT2D eigenvalue weighted by Crippen LogP contribution is 2.42. The first-order valence-corrected chi connectivity index (χ1v) is 11.9. The van der Waals surface area contributed by atoms with Gasteiger partial charge in [-0.2, -0.15) is 0 Å². The van der Waals surface area contributed by atoms with Crippen LogP contribution in [-0.4, -0.2) is 37.6 Å². The van der Waals surface area contributed by atoms with E-state index in [-0.39, 0.29) is 5.60 Å². The van der Waals surface area contributed by atoms with E-state index < -0.39 is 0 Å². The van der Waals surface area contributed by atoms with Gasteiger partial charge in [-0.05, 0) is 44.9 Å². The van der Waals surface area contributed by atoms with Crippen LogP contribution in [0.3, 0.4) is 0 Å². The Morgan fingerprint density at radius 3 is 2.88 bits per heavy atom. The van der Waals surface area contributed by atoms with Gasteiger partial charge in [-0.15, -0.1) is 11.3 Å². The summed E-state index contributed by atoms with van der Waals surface area (Å²) in [6, 6.07) is 8.11. The average Bonchev–Trinajstić information content (AvgIpc) is 3.14. The Bertz CT molecular complexity index is 1210. The van der Waals surface area contributed by atoms with Gasteiger partial charge >= 0.3 is 0 Å². The van der Waals surface area contributed by atoms with Crippen molar-refractivity contribution in [3.8, 4) is 11.5 Å². The minimum Gasteiger partial charge on any atom is -0.493 e. The molecule has 0 amide bonds. The zero-order valence-electron chi connectivity index (χ0n) is 19.9. The maximum absolute atomic E-state index is 6.00. The van der Waals surface area contributed by atoms with Gasteiger partial charge in [-0.1, -0.05) is 18.7 Å². The zero-order chi connectivity index (χ0) is 23.6. The normalized spacial score (nSPS) is 14.9. The number of pyridine rings is 1. The summed E-state index contributed by atoms with van der Waals surface area (Å²) in [7, 11) is 3.32. The summed E-state index contributed by atoms with van der Waals surface area (Å²) in [6.07, 6.45) is 3.40. The van der Waals surface area contributed by atoms with Gasteiger partial charge in [0.2, 0.25) is 0 Å². The van der Waals surface area contributed by atoms with Crippen LogP contribution in [0.2, 0.25) is 0 Å². The number of para-hydroxylation sites is 1. The van der Waals surface area contributed by atoms with Gasteiger partial charge in [0, 0.05) is 35.8 Å². The van der Waals surface area contributed by atoms with Gasteiger partial charge < -0.3 is 19.5 Å². The number of nitrogens with zero attached hydrogens (tertiary/aromatic N) is 2. The number of aliphatic imine (C=N–C) groups is 1. The van der Waals surface area contributed by atoms with Crippen molar-refractivity contribution in [1.29, 1.82) is 0 Å². The van der Waals surface area contributed by atoms with E-state index in [1.165, 1.54) is 0 Å². The average molecular weight is 466 g/mol. The summed E-state index contributed by atoms with van der Waals surface area (Å²) in [5, 5.41) is 4.52. The van der Waals surface area contributed by atoms with Crippen LogP contribution in [-0.2, 0) is 24.2 Å². The van der Waals surface area contributed by atoms with Crippen LogP contribution in [0, 0.1) is 0 Å². The molecule has 0 saturated carbocycles. The SMILES string of the molecule is C=C(NCCc1cccc(OC)c1OC)c1sc2nc3c(cc2c1N=CC)COC(C)(C)C3. The van der Waals surface area contributed by atoms with E-state index in [0.29, 0.717) is 13.2 Å². The molecule has 1 aliphatic heterocycles. The molecule has 0 saturated heterocycles. The smallest absolute Gasteiger partial charge is 0.163 e. The maximum atomic E-state index is 6.00. The molecule has 174 valence electrons. The van der Waals surface area contributed by atoms with Gasteiger partial charge in [0.05, 0.1) is 42.7 Å². The molecule has 0 atom stereocenters. The summed E-state index contributed by atoms with van der Waals surface area (Å²) >= 11 is 1.63. The second-order valence-electron chi connectivity index (χ2n) is 8.65. The van der Waals surface area contributed by atoms with E-state index in [0.717, 1.165) is 67.6 Å². The molecule has 4 rings (SSSR count). The third-order valence-electron chi connectivity index (χ3n) is 5.79. The molecule has 0 aliphatic carbocycles. The summed E-state index contributed by atoms with van der Waals surface area (Å²) in [6.45, 7) is 11.7. The van der Waals surface area contributed by atoms with Crippen molar-refractivity contribution in [1.82, 2.24) is 10.3 Å². The molecule has 2 aromatic heterocycles. The molecule has 0 spiro atoms. The summed E-state index contributed by atoms with van der Waals surface area (Å²) in [4.78, 5) is 11.7. The molecule has 0 fully saturated rings. The topological polar surface area (TPSA) is 65.0 Å². The lowest BCUT2D eigenvalue weighted by Crippen LogP contribution is -2.32. The minimum absolute atomic E-state index is 0.190. The first-order valence-electron chi connectivity index (χ1n) is 11.1. The number of benzene rings is 1. The van der Waals surface area contributed by atoms with E-state index >= 15 is 0 Å². The number of rotatable bonds is 8. The Morgan fingerprint density at radius 2 is 2.15 bits per heavy atom. The lowest BCUT2D eigenvalue weighted by atomic mass is 9.95. The van der Waals surface area contributed by atoms with Gasteiger partial charge in [-0.3, -0.25) is 4.99 Å². The Labute approximate surface area is 199 Å². The van der Waals surface area contributed by atoms with Gasteiger partial charge in [-0.25, -0.2) is 4.98 Å². The fraction of sp³-hybridized carbons (Fsp3) is 0.385. The molecule has 3 heterocycles. The van der Waals surface area contributed by atoms with Crippen LogP contribution >= 0.6 is 11.3 Å². The van der Waals surface area contributed by atoms with E-state index in [4.69, 9.17) is 19.2 Å². The predicted octanol–water partition coefficient (Wildman–Crippen LogP) is 5.69. The van der Waals surface area contributed by atoms with Crippen molar-refractivity contribution in [2.75, 3.05) is 20.8 Å². The van der Waals surface area contributed by atoms with Gasteiger partial charge in [0.15, 0.2) is 11.5 Å². The first-order chi connectivity index (χ1) is 15.9. The Morgan fingerprint density at radius 1 is 1.33 bits per heavy atom. The molecule has 7 heteroatoms. The Hall–Kier alpha value is -2.90. The maximum Gasteiger partial charge on any atom is 0.163 e. The van der Waals surface area contributed by atoms with Crippen LogP contribution in [0.5, 0.6) is 11.5 Å². The van der Waals surface area contributed by atoms with Crippen molar-refractivity contribution < 1.29 is 14.2 Å². The molecule has 6 nitrogen and oxygen atoms in total. The molecule has 1 aliphatic rings. The van der Waals surface area contributed by atoms with Crippen LogP contribution in [0.25, 0.3) is 15.9 Å². The van der Waals surface area contributed by atoms with E-state index in [9.17, 15) is 0 Å². The quantitative estimate of drug-likeness (QED) is 0.433. The highest BCUT2D eigenvalue weighted by molar-refractivity contribution is 7.20. The lowest BCUT2D eigenvalue weighted by molar-refractivity contribution is -0.0411. The molecule has 0 radical (unpaired) electrons. The van der Waals surface area contributed by atoms with Crippen molar-refractivity contribution in [3.05, 3.63) is 52.5 Å². The summed E-state index contributed by atoms with van der Waals surface area (Å²) < 4.78 is 17.0. The Balaban J connectivity index is 1.57. The highest BCUT2D eigenvalue weighted by atomic mass is 32.1. The number of fused-ring (bicyclic) bond motifs is 2. The van der Waals surface area contributed by atoms with Crippen molar-refractivity contribution in [2.24, 2.45) is 4.99 Å². The molecule has 3 aromatic rings. The molecule has 33 heavy (non-hydrogen) atoms. The van der Waals surface area contributed by atoms with Crippen molar-refractivity contribution in [2.45, 2.75) is 45.8 Å². The zero-order valence-corrected chi connectivity index (χ0v) is 20.8. The third-order valence-corrected chi connectivity index (χ3v) is 6.93. The molecule has 1 aromatic carbocycles. The fourth-order valence-electron chi connectivity index (χ4n) is 4.13. The molecule has 1 N–H and O–H groups in total. The fourth-order valence-corrected chi connectivity index (χ4v) is 5.20. The van der Waals surface area contributed by atoms with Crippen LogP contribution in [0.4, 0.5) is 5.69 Å². The number of thiophene rings is 1. The lowest BCUT2D eigenvalue weighted by Gasteiger charge is -2.30. The van der Waals surface area contributed by atoms with Crippen molar-refractivity contribution in [3.63, 3.8) is 0 Å². The van der Waals surface area contributed by atoms with Crippen molar-refractivity contribution >= 4 is 39.2 Å². The van der Waals surface area contributed by atoms with Gasteiger partial charge in [0.25, 0.3) is 0 Å². The monoisotopic (exact) mass is 465 g/mol. The minimum atomic E-state index is -0.190.